The van der Waals surface area contributed by atoms with Crippen LogP contribution in [0.4, 0.5) is 5.69 Å². The van der Waals surface area contributed by atoms with Gasteiger partial charge in [-0.15, -0.1) is 0 Å². The summed E-state index contributed by atoms with van der Waals surface area (Å²) in [7, 11) is 0. The molecule has 1 aliphatic heterocycles. The maximum atomic E-state index is 2.57. The Hall–Kier alpha value is -0.630. The third kappa shape index (κ3) is 3.92. The standard InChI is InChI=1S/C17H27NS/c1-4-16-5-6-17(13-14(16)2)18-10-7-15(8-11-18)9-12-19-3/h5-6,13,15H,4,7-12H2,1-3H3. The van der Waals surface area contributed by atoms with Crippen molar-refractivity contribution in [3.63, 3.8) is 0 Å². The summed E-state index contributed by atoms with van der Waals surface area (Å²) in [6.45, 7) is 6.96. The van der Waals surface area contributed by atoms with Crippen LogP contribution in [0.15, 0.2) is 18.2 Å². The molecule has 0 N–H and O–H groups in total. The van der Waals surface area contributed by atoms with E-state index in [4.69, 9.17) is 0 Å². The van der Waals surface area contributed by atoms with Crippen molar-refractivity contribution in [1.82, 2.24) is 0 Å². The van der Waals surface area contributed by atoms with Crippen LogP contribution in [0.1, 0.15) is 37.3 Å². The van der Waals surface area contributed by atoms with Crippen LogP contribution < -0.4 is 4.90 Å². The summed E-state index contributed by atoms with van der Waals surface area (Å²) in [4.78, 5) is 2.57. The molecule has 0 saturated carbocycles. The van der Waals surface area contributed by atoms with E-state index in [0.29, 0.717) is 0 Å². The predicted octanol–water partition coefficient (Wildman–Crippen LogP) is 4.53. The Kier molecular flexibility index (Phi) is 5.62. The molecule has 1 saturated heterocycles. The number of hydrogen-bond acceptors (Lipinski definition) is 2. The quantitative estimate of drug-likeness (QED) is 0.778. The Bertz CT molecular complexity index is 394. The average molecular weight is 277 g/mol. The van der Waals surface area contributed by atoms with E-state index in [1.54, 1.807) is 0 Å². The SMILES string of the molecule is CCc1ccc(N2CCC(CCSC)CC2)cc1C. The fraction of sp³-hybridized carbons (Fsp3) is 0.647. The number of nitrogens with zero attached hydrogens (tertiary/aromatic N) is 1. The number of aryl methyl sites for hydroxylation is 2. The zero-order valence-electron chi connectivity index (χ0n) is 12.6. The molecule has 0 aromatic heterocycles. The van der Waals surface area contributed by atoms with E-state index >= 15 is 0 Å². The minimum absolute atomic E-state index is 0.958. The van der Waals surface area contributed by atoms with E-state index in [9.17, 15) is 0 Å². The second-order valence-corrected chi connectivity index (χ2v) is 6.66. The summed E-state index contributed by atoms with van der Waals surface area (Å²) in [6, 6.07) is 7.00. The van der Waals surface area contributed by atoms with Crippen LogP contribution in [-0.2, 0) is 6.42 Å². The van der Waals surface area contributed by atoms with Crippen LogP contribution in [0, 0.1) is 12.8 Å². The normalized spacial score (nSPS) is 16.9. The van der Waals surface area contributed by atoms with Crippen LogP contribution in [0.25, 0.3) is 0 Å². The van der Waals surface area contributed by atoms with Gasteiger partial charge >= 0.3 is 0 Å². The number of anilines is 1. The number of benzene rings is 1. The molecule has 19 heavy (non-hydrogen) atoms. The van der Waals surface area contributed by atoms with Crippen molar-refractivity contribution in [2.45, 2.75) is 39.5 Å². The summed E-state index contributed by atoms with van der Waals surface area (Å²) >= 11 is 1.98. The van der Waals surface area contributed by atoms with Gasteiger partial charge in [0.1, 0.15) is 0 Å². The minimum atomic E-state index is 0.958. The van der Waals surface area contributed by atoms with Gasteiger partial charge < -0.3 is 4.90 Å². The predicted molar refractivity (Wildman–Crippen MR) is 88.5 cm³/mol. The summed E-state index contributed by atoms with van der Waals surface area (Å²) in [5.74, 6) is 2.29. The van der Waals surface area contributed by atoms with Gasteiger partial charge in [0, 0.05) is 18.8 Å². The molecule has 1 fully saturated rings. The fourth-order valence-electron chi connectivity index (χ4n) is 3.04. The molecule has 1 aromatic carbocycles. The van der Waals surface area contributed by atoms with Crippen molar-refractivity contribution in [3.8, 4) is 0 Å². The molecular formula is C17H27NS. The van der Waals surface area contributed by atoms with Crippen molar-refractivity contribution in [2.75, 3.05) is 30.0 Å². The van der Waals surface area contributed by atoms with Gasteiger partial charge in [-0.05, 0) is 73.8 Å². The van der Waals surface area contributed by atoms with Crippen LogP contribution in [0.3, 0.4) is 0 Å². The molecular weight excluding hydrogens is 250 g/mol. The highest BCUT2D eigenvalue weighted by Gasteiger charge is 2.19. The summed E-state index contributed by atoms with van der Waals surface area (Å²) in [6.07, 6.45) is 7.50. The first kappa shape index (κ1) is 14.8. The smallest absolute Gasteiger partial charge is 0.0369 e. The molecule has 1 heterocycles. The molecule has 0 amide bonds. The average Bonchev–Trinajstić information content (AvgIpc) is 2.45. The molecule has 1 aromatic rings. The third-order valence-electron chi connectivity index (χ3n) is 4.42. The minimum Gasteiger partial charge on any atom is -0.372 e. The molecule has 0 unspecified atom stereocenters. The van der Waals surface area contributed by atoms with Gasteiger partial charge in [0.25, 0.3) is 0 Å². The summed E-state index contributed by atoms with van der Waals surface area (Å²) in [5.41, 5.74) is 4.36. The molecule has 1 nitrogen and oxygen atoms in total. The fourth-order valence-corrected chi connectivity index (χ4v) is 3.61. The molecule has 2 rings (SSSR count). The maximum absolute atomic E-state index is 2.57. The molecule has 0 spiro atoms. The van der Waals surface area contributed by atoms with Crippen molar-refractivity contribution in [3.05, 3.63) is 29.3 Å². The van der Waals surface area contributed by atoms with E-state index in [-0.39, 0.29) is 0 Å². The van der Waals surface area contributed by atoms with Gasteiger partial charge in [0.15, 0.2) is 0 Å². The van der Waals surface area contributed by atoms with Crippen LogP contribution >= 0.6 is 11.8 Å². The first-order valence-corrected chi connectivity index (χ1v) is 8.97. The Morgan fingerprint density at radius 1 is 1.26 bits per heavy atom. The number of piperidine rings is 1. The summed E-state index contributed by atoms with van der Waals surface area (Å²) in [5, 5.41) is 0. The molecule has 0 aliphatic carbocycles. The molecule has 0 atom stereocenters. The van der Waals surface area contributed by atoms with E-state index in [2.05, 4.69) is 43.2 Å². The first-order valence-electron chi connectivity index (χ1n) is 7.58. The molecule has 2 heteroatoms. The second kappa shape index (κ2) is 7.23. The first-order chi connectivity index (χ1) is 9.24. The van der Waals surface area contributed by atoms with Gasteiger partial charge in [-0.25, -0.2) is 0 Å². The Morgan fingerprint density at radius 2 is 2.00 bits per heavy atom. The lowest BCUT2D eigenvalue weighted by Gasteiger charge is -2.34. The topological polar surface area (TPSA) is 3.24 Å². The zero-order valence-corrected chi connectivity index (χ0v) is 13.4. The van der Waals surface area contributed by atoms with E-state index in [0.717, 1.165) is 12.3 Å². The van der Waals surface area contributed by atoms with Crippen LogP contribution in [-0.4, -0.2) is 25.1 Å². The van der Waals surface area contributed by atoms with E-state index < -0.39 is 0 Å². The van der Waals surface area contributed by atoms with Gasteiger partial charge in [0.2, 0.25) is 0 Å². The Morgan fingerprint density at radius 3 is 2.58 bits per heavy atom. The van der Waals surface area contributed by atoms with Crippen LogP contribution in [0.5, 0.6) is 0 Å². The van der Waals surface area contributed by atoms with Crippen molar-refractivity contribution in [1.29, 1.82) is 0 Å². The highest BCUT2D eigenvalue weighted by molar-refractivity contribution is 7.98. The maximum Gasteiger partial charge on any atom is 0.0369 e. The largest absolute Gasteiger partial charge is 0.372 e. The molecule has 106 valence electrons. The lowest BCUT2D eigenvalue weighted by atomic mass is 9.93. The van der Waals surface area contributed by atoms with Crippen molar-refractivity contribution in [2.24, 2.45) is 5.92 Å². The van der Waals surface area contributed by atoms with Crippen molar-refractivity contribution < 1.29 is 0 Å². The third-order valence-corrected chi connectivity index (χ3v) is 5.06. The summed E-state index contributed by atoms with van der Waals surface area (Å²) < 4.78 is 0. The zero-order chi connectivity index (χ0) is 13.7. The number of rotatable bonds is 5. The molecule has 0 radical (unpaired) electrons. The van der Waals surface area contributed by atoms with E-state index in [1.807, 2.05) is 11.8 Å². The van der Waals surface area contributed by atoms with Gasteiger partial charge in [0.05, 0.1) is 0 Å². The Labute approximate surface area is 122 Å². The monoisotopic (exact) mass is 277 g/mol. The highest BCUT2D eigenvalue weighted by atomic mass is 32.2. The highest BCUT2D eigenvalue weighted by Crippen LogP contribution is 2.27. The second-order valence-electron chi connectivity index (χ2n) is 5.68. The number of thioether (sulfide) groups is 1. The Balaban J connectivity index is 1.92. The van der Waals surface area contributed by atoms with E-state index in [1.165, 1.54) is 54.9 Å². The van der Waals surface area contributed by atoms with Gasteiger partial charge in [-0.3, -0.25) is 0 Å². The van der Waals surface area contributed by atoms with Gasteiger partial charge in [-0.1, -0.05) is 13.0 Å². The molecule has 1 aliphatic rings. The van der Waals surface area contributed by atoms with Gasteiger partial charge in [-0.2, -0.15) is 11.8 Å². The molecule has 0 bridgehead atoms. The van der Waals surface area contributed by atoms with Crippen molar-refractivity contribution >= 4 is 17.4 Å². The lowest BCUT2D eigenvalue weighted by molar-refractivity contribution is 0.397. The number of hydrogen-bond donors (Lipinski definition) is 0. The lowest BCUT2D eigenvalue weighted by Crippen LogP contribution is -2.33. The van der Waals surface area contributed by atoms with Crippen LogP contribution in [0.2, 0.25) is 0 Å².